The van der Waals surface area contributed by atoms with Crippen molar-refractivity contribution in [3.8, 4) is 22.8 Å². The number of primary amides is 1. The number of aromatic nitrogens is 2. The van der Waals surface area contributed by atoms with Crippen LogP contribution in [0.15, 0.2) is 61.2 Å². The van der Waals surface area contributed by atoms with Gasteiger partial charge < -0.3 is 20.5 Å². The number of pyridine rings is 2. The van der Waals surface area contributed by atoms with Gasteiger partial charge in [0.1, 0.15) is 40.5 Å². The lowest BCUT2D eigenvalue weighted by Crippen LogP contribution is -2.39. The summed E-state index contributed by atoms with van der Waals surface area (Å²) in [6.07, 6.45) is 3.70. The summed E-state index contributed by atoms with van der Waals surface area (Å²) in [7, 11) is 0. The number of nitrogens with one attached hydrogen (secondary N) is 1. The molecule has 8 nitrogen and oxygen atoms in total. The molecule has 6 rings (SSSR count). The molecular formula is C33H30ClFN4O4. The molecule has 1 fully saturated rings. The molecule has 3 N–H and O–H groups in total. The first-order chi connectivity index (χ1) is 20.6. The normalized spacial score (nSPS) is 18.0. The Morgan fingerprint density at radius 3 is 2.65 bits per heavy atom. The highest BCUT2D eigenvalue weighted by molar-refractivity contribution is 6.31. The van der Waals surface area contributed by atoms with Crippen LogP contribution < -0.4 is 20.5 Å². The predicted octanol–water partition coefficient (Wildman–Crippen LogP) is 5.77. The van der Waals surface area contributed by atoms with E-state index in [1.807, 2.05) is 6.92 Å². The highest BCUT2D eigenvalue weighted by Gasteiger charge is 2.44. The maximum Gasteiger partial charge on any atom is 0.251 e. The summed E-state index contributed by atoms with van der Waals surface area (Å²) < 4.78 is 25.7. The smallest absolute Gasteiger partial charge is 0.251 e. The minimum Gasteiger partial charge on any atom is -0.489 e. The Morgan fingerprint density at radius 1 is 1.23 bits per heavy atom. The van der Waals surface area contributed by atoms with E-state index in [4.69, 9.17) is 31.8 Å². The molecule has 0 radical (unpaired) electrons. The first-order valence-corrected chi connectivity index (χ1v) is 14.4. The molecule has 2 aromatic carbocycles. The van der Waals surface area contributed by atoms with E-state index in [0.29, 0.717) is 61.2 Å². The van der Waals surface area contributed by atoms with Crippen LogP contribution in [0.2, 0.25) is 5.02 Å². The molecule has 4 aromatic rings. The second-order valence-electron chi connectivity index (χ2n) is 11.2. The van der Waals surface area contributed by atoms with Gasteiger partial charge in [-0.25, -0.2) is 14.4 Å². The zero-order valence-corrected chi connectivity index (χ0v) is 24.5. The van der Waals surface area contributed by atoms with Gasteiger partial charge in [0.25, 0.3) is 5.91 Å². The summed E-state index contributed by atoms with van der Waals surface area (Å²) in [5.74, 6) is -0.727. The number of carbonyl (C=O) groups is 2. The minimum absolute atomic E-state index is 0.0537. The number of halogens is 2. The van der Waals surface area contributed by atoms with E-state index in [1.165, 1.54) is 12.1 Å². The van der Waals surface area contributed by atoms with Crippen LogP contribution in [0.3, 0.4) is 0 Å². The zero-order chi connectivity index (χ0) is 30.5. The lowest BCUT2D eigenvalue weighted by Gasteiger charge is -2.21. The van der Waals surface area contributed by atoms with Gasteiger partial charge in [0, 0.05) is 34.5 Å². The average molecular weight is 601 g/mol. The largest absolute Gasteiger partial charge is 0.489 e. The molecule has 43 heavy (non-hydrogen) atoms. The SMILES string of the molecule is C=C[C@H](CNC(=O)c1cc(OC2CC2)c2nc(C)c(Cl)cc2c1)c1cc2c(c(-c3ccc(F)cc3)n1)OC[C@]2(C)C(N)=O. The number of hydrogen-bond donors (Lipinski definition) is 2. The maximum absolute atomic E-state index is 13.7. The van der Waals surface area contributed by atoms with Crippen molar-refractivity contribution in [2.45, 2.75) is 44.1 Å². The Labute approximate surface area is 253 Å². The van der Waals surface area contributed by atoms with Crippen LogP contribution in [0.1, 0.15) is 53.0 Å². The van der Waals surface area contributed by atoms with Crippen molar-refractivity contribution in [1.29, 1.82) is 0 Å². The van der Waals surface area contributed by atoms with E-state index in [0.717, 1.165) is 12.8 Å². The number of benzene rings is 2. The van der Waals surface area contributed by atoms with Crippen LogP contribution in [0, 0.1) is 12.7 Å². The van der Waals surface area contributed by atoms with E-state index in [9.17, 15) is 14.0 Å². The summed E-state index contributed by atoms with van der Waals surface area (Å²) in [5.41, 5.74) is 8.63. The Kier molecular flexibility index (Phi) is 7.30. The number of hydrogen-bond acceptors (Lipinski definition) is 6. The van der Waals surface area contributed by atoms with Crippen LogP contribution >= 0.6 is 11.6 Å². The van der Waals surface area contributed by atoms with Gasteiger partial charge in [0.2, 0.25) is 5.91 Å². The van der Waals surface area contributed by atoms with Crippen molar-refractivity contribution in [2.75, 3.05) is 13.2 Å². The van der Waals surface area contributed by atoms with Crippen molar-refractivity contribution in [3.63, 3.8) is 0 Å². The van der Waals surface area contributed by atoms with Gasteiger partial charge in [0.05, 0.1) is 22.5 Å². The third kappa shape index (κ3) is 5.41. The Bertz CT molecular complexity index is 1790. The molecular weight excluding hydrogens is 571 g/mol. The number of rotatable bonds is 9. The summed E-state index contributed by atoms with van der Waals surface area (Å²) in [6, 6.07) is 12.9. The second-order valence-corrected chi connectivity index (χ2v) is 11.6. The minimum atomic E-state index is -1.09. The number of nitrogens with two attached hydrogens (primary N) is 1. The molecule has 2 atom stereocenters. The molecule has 2 aliphatic rings. The van der Waals surface area contributed by atoms with Gasteiger partial charge in [-0.3, -0.25) is 9.59 Å². The van der Waals surface area contributed by atoms with Crippen LogP contribution in [-0.4, -0.2) is 41.0 Å². The van der Waals surface area contributed by atoms with Crippen LogP contribution in [0.25, 0.3) is 22.2 Å². The number of fused-ring (bicyclic) bond motifs is 2. The fourth-order valence-electron chi connectivity index (χ4n) is 5.12. The van der Waals surface area contributed by atoms with Gasteiger partial charge in [-0.15, -0.1) is 6.58 Å². The maximum atomic E-state index is 13.7. The van der Waals surface area contributed by atoms with Gasteiger partial charge >= 0.3 is 0 Å². The number of carbonyl (C=O) groups excluding carboxylic acids is 2. The van der Waals surface area contributed by atoms with E-state index in [1.54, 1.807) is 49.4 Å². The fourth-order valence-corrected chi connectivity index (χ4v) is 5.28. The van der Waals surface area contributed by atoms with Crippen LogP contribution in [0.4, 0.5) is 4.39 Å². The van der Waals surface area contributed by atoms with Crippen molar-refractivity contribution in [3.05, 3.63) is 94.5 Å². The summed E-state index contributed by atoms with van der Waals surface area (Å²) in [5, 5.41) is 4.19. The monoisotopic (exact) mass is 600 g/mol. The van der Waals surface area contributed by atoms with E-state index >= 15 is 0 Å². The molecule has 0 unspecified atom stereocenters. The predicted molar refractivity (Wildman–Crippen MR) is 162 cm³/mol. The molecule has 0 saturated heterocycles. The first kappa shape index (κ1) is 28.6. The molecule has 0 spiro atoms. The number of ether oxygens (including phenoxy) is 2. The summed E-state index contributed by atoms with van der Waals surface area (Å²) in [4.78, 5) is 35.4. The molecule has 0 bridgehead atoms. The third-order valence-corrected chi connectivity index (χ3v) is 8.38. The van der Waals surface area contributed by atoms with Gasteiger partial charge in [-0.2, -0.15) is 0 Å². The molecule has 10 heteroatoms. The highest BCUT2D eigenvalue weighted by Crippen LogP contribution is 2.45. The molecule has 2 amide bonds. The lowest BCUT2D eigenvalue weighted by molar-refractivity contribution is -0.123. The Balaban J connectivity index is 1.32. The van der Waals surface area contributed by atoms with Gasteiger partial charge in [-0.1, -0.05) is 17.7 Å². The molecule has 3 heterocycles. The van der Waals surface area contributed by atoms with Crippen molar-refractivity contribution >= 4 is 34.3 Å². The quantitative estimate of drug-likeness (QED) is 0.236. The number of nitrogens with zero attached hydrogens (tertiary/aromatic N) is 2. The molecule has 1 saturated carbocycles. The van der Waals surface area contributed by atoms with Crippen molar-refractivity contribution < 1.29 is 23.5 Å². The molecule has 2 aromatic heterocycles. The second kappa shape index (κ2) is 11.0. The highest BCUT2D eigenvalue weighted by atomic mass is 35.5. The number of aryl methyl sites for hydroxylation is 1. The lowest BCUT2D eigenvalue weighted by atomic mass is 9.82. The van der Waals surface area contributed by atoms with Gasteiger partial charge in [-0.05, 0) is 75.2 Å². The van der Waals surface area contributed by atoms with E-state index < -0.39 is 23.1 Å². The van der Waals surface area contributed by atoms with Crippen LogP contribution in [0.5, 0.6) is 11.5 Å². The summed E-state index contributed by atoms with van der Waals surface area (Å²) >= 11 is 6.35. The molecule has 1 aliphatic heterocycles. The van der Waals surface area contributed by atoms with Gasteiger partial charge in [0.15, 0.2) is 0 Å². The Morgan fingerprint density at radius 2 is 1.98 bits per heavy atom. The molecule has 1 aliphatic carbocycles. The van der Waals surface area contributed by atoms with Crippen molar-refractivity contribution in [1.82, 2.24) is 15.3 Å². The topological polar surface area (TPSA) is 116 Å². The average Bonchev–Trinajstić information content (AvgIpc) is 3.74. The molecule has 220 valence electrons. The zero-order valence-electron chi connectivity index (χ0n) is 23.7. The van der Waals surface area contributed by atoms with E-state index in [2.05, 4.69) is 16.9 Å². The van der Waals surface area contributed by atoms with E-state index in [-0.39, 0.29) is 25.2 Å². The third-order valence-electron chi connectivity index (χ3n) is 7.99. The fraction of sp³-hybridized carbons (Fsp3) is 0.273. The van der Waals surface area contributed by atoms with Crippen LogP contribution in [-0.2, 0) is 10.2 Å². The number of amides is 2. The summed E-state index contributed by atoms with van der Waals surface area (Å²) in [6.45, 7) is 7.73. The first-order valence-electron chi connectivity index (χ1n) is 14.0. The Hall–Kier alpha value is -4.50. The van der Waals surface area contributed by atoms with Crippen molar-refractivity contribution in [2.24, 2.45) is 5.73 Å². The standard InChI is InChI=1S/C33H30ClFN4O4/c1-4-18(15-37-31(40)21-11-20-12-25(34)17(2)38-28(20)27(13-21)43-23-9-10-23)26-14-24-30(42-16-33(24,3)32(36)41)29(39-26)19-5-7-22(35)8-6-19/h4-8,11-14,18,23H,1,9-10,15-16H2,2-3H3,(H2,36,41)(H,37,40)/t18-,33+/m1/s1.